The normalized spacial score (nSPS) is 18.3. The van der Waals surface area contributed by atoms with Crippen molar-refractivity contribution in [2.75, 3.05) is 13.2 Å². The third kappa shape index (κ3) is 21.5. The second-order valence-corrected chi connectivity index (χ2v) is 40.0. The minimum absolute atomic E-state index is 0. The molecule has 14 heterocycles. The van der Waals surface area contributed by atoms with Gasteiger partial charge in [-0.2, -0.15) is 0 Å². The van der Waals surface area contributed by atoms with Crippen LogP contribution in [0.5, 0.6) is 11.5 Å². The van der Waals surface area contributed by atoms with Crippen molar-refractivity contribution in [1.82, 2.24) is 10.6 Å². The van der Waals surface area contributed by atoms with Gasteiger partial charge in [0.15, 0.2) is 39.8 Å². The lowest BCUT2D eigenvalue weighted by molar-refractivity contribution is -0.116. The molecule has 15 aromatic rings. The highest BCUT2D eigenvalue weighted by molar-refractivity contribution is 8.28. The van der Waals surface area contributed by atoms with Gasteiger partial charge in [0.2, 0.25) is 0 Å². The number of thioether (sulfide) groups is 6. The standard InChI is InChI=1S/C17H11NO2S.C17H10O2S2.C16H10N2O2S.C13H11NO2S.C13H9NO2S.C13H10O2S2.C13H8O2S2.CH4/c18-17-9-13(19)16(21-17)8-10-5-6-15-12(7-10)11-3-1-2-4-14(11)20-15;18-13-9-17(20)21-16(13)8-10-5-6-15-12(7-10)11-3-1-2-4-14(11)19-15;19-15-12(17-16(21)18-15)8-9-5-6-14-11(7-9)10-3-1-2-4-13(10)20-14;2*14-13-7-10(15)12(17-13)6-8-1-2-11-9(5-8)3-4-16-11;2*14-10-7-13(16)17-12(10)6-8-1-2-11-9(5-8)3-4-15-11;/h1-8,18H,9H2;1-8H,9H2;1-8H,(H2,17,18,19,21);1-2,5-6,14H,3-4,7H2;1-6,14H,7H2;1-2,5-6H,3-4,7H2;1-6H,7H2;1H4/b16-8-,18-17?;16-8-;12-8-;2*12-6-,14-13?;2*12-6-;. The molecule has 29 heteroatoms. The number of furan rings is 5. The molecule has 654 valence electrons. The van der Waals surface area contributed by atoms with Crippen LogP contribution in [0.15, 0.2) is 282 Å². The molecule has 9 aliphatic heterocycles. The Kier molecular flexibility index (Phi) is 28.0. The van der Waals surface area contributed by atoms with Gasteiger partial charge in [-0.05, 0) is 220 Å². The van der Waals surface area contributed by atoms with Crippen molar-refractivity contribution in [3.63, 3.8) is 0 Å². The van der Waals surface area contributed by atoms with Crippen molar-refractivity contribution >= 4 is 323 Å². The third-order valence-electron chi connectivity index (χ3n) is 21.3. The van der Waals surface area contributed by atoms with E-state index in [9.17, 15) is 33.6 Å². The zero-order valence-electron chi connectivity index (χ0n) is 68.8. The Morgan fingerprint density at radius 1 is 0.303 bits per heavy atom. The highest BCUT2D eigenvalue weighted by Gasteiger charge is 2.30. The van der Waals surface area contributed by atoms with E-state index in [-0.39, 0.29) is 67.3 Å². The van der Waals surface area contributed by atoms with Crippen LogP contribution in [-0.4, -0.2) is 86.7 Å². The number of carbonyl (C=O) groups excluding carboxylic acids is 7. The SMILES string of the molecule is C.N=C1CC(=O)/C(=C/c2ccc3c(c2)CCO3)S1.N=C1CC(=O)/C(=C/c2ccc3oc4ccccc4c3c2)S1.N=C1CC(=O)/C(=C/c2ccc3occc3c2)S1.O=C1CC(=S)S/C1=C\c1ccc2c(c1)CCO2.O=C1CC(=S)S/C1=C\c1ccc2oc3ccccc3c2c1.O=C1CC(=S)S/C1=C\c1ccc2occc2c1.O=C1NC(=S)N/C1=C\c1ccc2oc3ccccc3c2c1. The van der Waals surface area contributed by atoms with Gasteiger partial charge < -0.3 is 36.9 Å². The van der Waals surface area contributed by atoms with Gasteiger partial charge in [-0.15, -0.1) is 0 Å². The molecule has 24 rings (SSSR count). The first kappa shape index (κ1) is 91.1. The van der Waals surface area contributed by atoms with Crippen molar-refractivity contribution in [3.8, 4) is 11.5 Å². The second kappa shape index (κ2) is 40.5. The van der Waals surface area contributed by atoms with E-state index in [1.807, 2.05) is 231 Å². The number of allylic oxidation sites excluding steroid dienone is 6. The maximum absolute atomic E-state index is 11.8. The number of nitrogens with one attached hydrogen (secondary N) is 5. The Hall–Kier alpha value is -12.8. The second-order valence-electron chi connectivity index (χ2n) is 30.5. The number of ether oxygens (including phenoxy) is 2. The zero-order valence-corrected chi connectivity index (χ0v) is 76.9. The summed E-state index contributed by atoms with van der Waals surface area (Å²) in [5, 5.41) is 37.9. The van der Waals surface area contributed by atoms with E-state index in [2.05, 4.69) is 28.8 Å². The molecule has 0 atom stereocenters. The molecule has 1 amide bonds. The highest BCUT2D eigenvalue weighted by Crippen LogP contribution is 2.41. The molecule has 5 N–H and O–H groups in total. The number of thiocarbonyl (C=S) groups is 4. The summed E-state index contributed by atoms with van der Waals surface area (Å²) in [5.74, 6) is 2.19. The van der Waals surface area contributed by atoms with Gasteiger partial charge in [-0.25, -0.2) is 0 Å². The highest BCUT2D eigenvalue weighted by atomic mass is 32.2. The fourth-order valence-corrected chi connectivity index (χ4v) is 21.6. The Labute approximate surface area is 801 Å². The predicted molar refractivity (Wildman–Crippen MR) is 556 cm³/mol. The monoisotopic (exact) mass is 1920 g/mol. The quantitative estimate of drug-likeness (QED) is 0.0731. The fraction of sp³-hybridized carbons (Fsp3) is 0.107. The number of carbonyl (C=O) groups is 7. The molecular weight excluding hydrogens is 1850 g/mol. The van der Waals surface area contributed by atoms with Gasteiger partial charge in [-0.1, -0.05) is 212 Å². The van der Waals surface area contributed by atoms with Gasteiger partial charge in [0, 0.05) is 55.9 Å². The van der Waals surface area contributed by atoms with E-state index in [0.29, 0.717) is 59.9 Å². The summed E-state index contributed by atoms with van der Waals surface area (Å²) in [4.78, 5) is 85.8. The summed E-state index contributed by atoms with van der Waals surface area (Å²) >= 11 is 28.1. The molecule has 0 unspecified atom stereocenters. The van der Waals surface area contributed by atoms with Crippen LogP contribution < -0.4 is 20.1 Å². The lowest BCUT2D eigenvalue weighted by Crippen LogP contribution is -2.21. The molecule has 7 fully saturated rings. The van der Waals surface area contributed by atoms with Crippen LogP contribution in [0.1, 0.15) is 96.0 Å². The van der Waals surface area contributed by atoms with Crippen LogP contribution >= 0.6 is 119 Å². The van der Waals surface area contributed by atoms with Gasteiger partial charge in [-0.3, -0.25) is 55.1 Å². The minimum atomic E-state index is -0.211. The zero-order chi connectivity index (χ0) is 90.5. The number of amides is 1. The van der Waals surface area contributed by atoms with Crippen LogP contribution in [0.3, 0.4) is 0 Å². The molecule has 5 aromatic heterocycles. The Morgan fingerprint density at radius 2 is 0.598 bits per heavy atom. The molecule has 0 spiro atoms. The third-order valence-corrected chi connectivity index (χ3v) is 28.4. The number of ketones is 6. The van der Waals surface area contributed by atoms with Crippen molar-refractivity contribution in [2.45, 2.75) is 58.8 Å². The molecule has 9 aliphatic rings. The van der Waals surface area contributed by atoms with Crippen molar-refractivity contribution in [2.24, 2.45) is 0 Å². The lowest BCUT2D eigenvalue weighted by atomic mass is 10.1. The number of rotatable bonds is 7. The van der Waals surface area contributed by atoms with Crippen molar-refractivity contribution in [1.29, 1.82) is 16.2 Å². The lowest BCUT2D eigenvalue weighted by Gasteiger charge is -2.00. The summed E-state index contributed by atoms with van der Waals surface area (Å²) < 4.78 is 41.0. The molecule has 0 saturated carbocycles. The van der Waals surface area contributed by atoms with E-state index >= 15 is 0 Å². The summed E-state index contributed by atoms with van der Waals surface area (Å²) in [6.07, 6.45) is 20.1. The molecule has 0 aliphatic carbocycles. The number of benzene rings is 10. The van der Waals surface area contributed by atoms with Crippen LogP contribution in [0, 0.1) is 16.2 Å². The average Bonchev–Trinajstić information content (AvgIpc) is 1.64. The number of para-hydroxylation sites is 3. The number of hydrogen-bond donors (Lipinski definition) is 5. The maximum atomic E-state index is 11.8. The topological polar surface area (TPSA) is 299 Å². The summed E-state index contributed by atoms with van der Waals surface area (Å²) in [5.41, 5.74) is 16.6. The first-order chi connectivity index (χ1) is 63.5. The smallest absolute Gasteiger partial charge is 0.273 e. The fourth-order valence-electron chi connectivity index (χ4n) is 15.1. The van der Waals surface area contributed by atoms with Crippen molar-refractivity contribution in [3.05, 3.63) is 310 Å². The first-order valence-electron chi connectivity index (χ1n) is 40.9. The minimum Gasteiger partial charge on any atom is -0.493 e. The largest absolute Gasteiger partial charge is 0.493 e. The van der Waals surface area contributed by atoms with Crippen LogP contribution in [0.4, 0.5) is 0 Å². The van der Waals surface area contributed by atoms with Crippen LogP contribution in [-0.2, 0) is 46.4 Å². The van der Waals surface area contributed by atoms with E-state index in [1.54, 1.807) is 18.6 Å². The number of fused-ring (bicyclic) bond motifs is 13. The predicted octanol–water partition coefficient (Wildman–Crippen LogP) is 26.0. The Bertz CT molecular complexity index is 7130. The van der Waals surface area contributed by atoms with Gasteiger partial charge >= 0.3 is 0 Å². The van der Waals surface area contributed by atoms with Crippen LogP contribution in [0.2, 0.25) is 0 Å². The van der Waals surface area contributed by atoms with E-state index in [1.165, 1.54) is 81.7 Å². The van der Waals surface area contributed by atoms with Crippen molar-refractivity contribution < 1.29 is 65.1 Å². The van der Waals surface area contributed by atoms with Gasteiger partial charge in [0.05, 0.1) is 121 Å². The average molecular weight is 1930 g/mol. The molecule has 10 aromatic carbocycles. The molecule has 0 bridgehead atoms. The van der Waals surface area contributed by atoms with E-state index < -0.39 is 0 Å². The molecule has 7 saturated heterocycles. The number of hydrogen-bond acceptors (Lipinski definition) is 27. The molecule has 0 radical (unpaired) electrons. The van der Waals surface area contributed by atoms with E-state index in [0.717, 1.165) is 192 Å². The Balaban J connectivity index is 0.000000108. The summed E-state index contributed by atoms with van der Waals surface area (Å²) in [6.45, 7) is 1.50. The van der Waals surface area contributed by atoms with Gasteiger partial charge in [0.1, 0.15) is 61.9 Å². The summed E-state index contributed by atoms with van der Waals surface area (Å²) in [6, 6.07) is 68.9. The Morgan fingerprint density at radius 3 is 0.917 bits per heavy atom. The molecule has 19 nitrogen and oxygen atoms in total. The van der Waals surface area contributed by atoms with E-state index in [4.69, 9.17) is 96.7 Å². The maximum Gasteiger partial charge on any atom is 0.273 e. The number of Topliss-reactive ketones (excluding diaryl/α,β-unsaturated/α-hetero) is 6. The first-order valence-corrected chi connectivity index (χ1v) is 47.5. The van der Waals surface area contributed by atoms with Crippen LogP contribution in [0.25, 0.3) is 130 Å². The molecular formula is C103H73N5O14S10. The van der Waals surface area contributed by atoms with Gasteiger partial charge in [0.25, 0.3) is 5.91 Å². The summed E-state index contributed by atoms with van der Waals surface area (Å²) in [7, 11) is 0. The molecule has 132 heavy (non-hydrogen) atoms.